The highest BCUT2D eigenvalue weighted by molar-refractivity contribution is 7.10. The summed E-state index contributed by atoms with van der Waals surface area (Å²) >= 11 is 1.73. The van der Waals surface area contributed by atoms with Gasteiger partial charge in [0.15, 0.2) is 0 Å². The molecule has 1 aliphatic rings. The van der Waals surface area contributed by atoms with Crippen molar-refractivity contribution in [3.05, 3.63) is 49.9 Å². The van der Waals surface area contributed by atoms with Crippen molar-refractivity contribution in [3.8, 4) is 0 Å². The Bertz CT molecular complexity index is 969. The summed E-state index contributed by atoms with van der Waals surface area (Å²) < 4.78 is 5.50. The zero-order valence-corrected chi connectivity index (χ0v) is 13.6. The molecule has 0 aromatic carbocycles. The van der Waals surface area contributed by atoms with Gasteiger partial charge in [-0.2, -0.15) is 0 Å². The Labute approximate surface area is 135 Å². The van der Waals surface area contributed by atoms with E-state index in [1.54, 1.807) is 23.2 Å². The van der Waals surface area contributed by atoms with Crippen LogP contribution in [0.3, 0.4) is 0 Å². The number of amides is 1. The molecule has 0 unspecified atom stereocenters. The van der Waals surface area contributed by atoms with Crippen LogP contribution in [0.2, 0.25) is 0 Å². The molecule has 4 heterocycles. The Balaban J connectivity index is 1.82. The molecule has 1 amide bonds. The number of furan rings is 1. The molecule has 0 aliphatic carbocycles. The van der Waals surface area contributed by atoms with E-state index in [2.05, 4.69) is 21.4 Å². The van der Waals surface area contributed by atoms with Gasteiger partial charge in [-0.15, -0.1) is 11.3 Å². The van der Waals surface area contributed by atoms with Crippen LogP contribution in [-0.2, 0) is 6.42 Å². The van der Waals surface area contributed by atoms with E-state index in [4.69, 9.17) is 4.42 Å². The third kappa shape index (κ3) is 2.03. The molecule has 3 aromatic rings. The van der Waals surface area contributed by atoms with Gasteiger partial charge in [-0.05, 0) is 37.3 Å². The van der Waals surface area contributed by atoms with Crippen molar-refractivity contribution in [3.63, 3.8) is 0 Å². The average Bonchev–Trinajstić information content (AvgIpc) is 3.12. The van der Waals surface area contributed by atoms with Crippen molar-refractivity contribution in [2.24, 2.45) is 0 Å². The standard InChI is InChI=1S/C16H15N3O3S/c1-8-10-4-6-23-11(10)3-5-19(8)16(21)12-9(2)22-15-13(12)14(20)17-7-18-15/h4,6-8H,3,5H2,1-2H3,(H,17,18,20)/t8-/m0/s1. The van der Waals surface area contributed by atoms with Gasteiger partial charge in [0.25, 0.3) is 11.5 Å². The fraction of sp³-hybridized carbons (Fsp3) is 0.312. The zero-order chi connectivity index (χ0) is 16.1. The molecule has 6 nitrogen and oxygen atoms in total. The molecule has 23 heavy (non-hydrogen) atoms. The number of carbonyl (C=O) groups is 1. The molecule has 3 aromatic heterocycles. The van der Waals surface area contributed by atoms with Crippen LogP contribution in [-0.4, -0.2) is 27.3 Å². The number of hydrogen-bond acceptors (Lipinski definition) is 5. The van der Waals surface area contributed by atoms with Crippen LogP contribution in [0.15, 0.2) is 27.0 Å². The summed E-state index contributed by atoms with van der Waals surface area (Å²) in [6.45, 7) is 4.35. The van der Waals surface area contributed by atoms with E-state index in [1.165, 1.54) is 16.8 Å². The number of aryl methyl sites for hydroxylation is 1. The largest absolute Gasteiger partial charge is 0.442 e. The summed E-state index contributed by atoms with van der Waals surface area (Å²) in [6, 6.07) is 2.05. The molecule has 0 fully saturated rings. The Morgan fingerprint density at radius 1 is 1.52 bits per heavy atom. The van der Waals surface area contributed by atoms with Crippen LogP contribution in [0.4, 0.5) is 0 Å². The summed E-state index contributed by atoms with van der Waals surface area (Å²) in [5.41, 5.74) is 1.36. The zero-order valence-electron chi connectivity index (χ0n) is 12.8. The molecule has 0 saturated heterocycles. The first-order chi connectivity index (χ1) is 11.1. The number of fused-ring (bicyclic) bond motifs is 2. The van der Waals surface area contributed by atoms with Crippen LogP contribution in [0.5, 0.6) is 0 Å². The van der Waals surface area contributed by atoms with Crippen molar-refractivity contribution in [1.29, 1.82) is 0 Å². The van der Waals surface area contributed by atoms with Crippen molar-refractivity contribution in [1.82, 2.24) is 14.9 Å². The lowest BCUT2D eigenvalue weighted by atomic mass is 10.00. The first kappa shape index (κ1) is 14.2. The number of aromatic amines is 1. The highest BCUT2D eigenvalue weighted by Crippen LogP contribution is 2.35. The lowest BCUT2D eigenvalue weighted by molar-refractivity contribution is 0.0679. The Hall–Kier alpha value is -2.41. The van der Waals surface area contributed by atoms with Gasteiger partial charge in [0, 0.05) is 11.4 Å². The van der Waals surface area contributed by atoms with E-state index < -0.39 is 0 Å². The van der Waals surface area contributed by atoms with E-state index in [-0.39, 0.29) is 28.6 Å². The van der Waals surface area contributed by atoms with Crippen LogP contribution in [0.25, 0.3) is 11.1 Å². The number of hydrogen-bond donors (Lipinski definition) is 1. The normalized spacial score (nSPS) is 17.5. The maximum atomic E-state index is 13.1. The Kier molecular flexibility index (Phi) is 3.12. The smallest absolute Gasteiger partial charge is 0.262 e. The van der Waals surface area contributed by atoms with E-state index in [0.717, 1.165) is 6.42 Å². The SMILES string of the molecule is Cc1oc2nc[nH]c(=O)c2c1C(=O)N1CCc2sccc2[C@@H]1C. The van der Waals surface area contributed by atoms with E-state index in [1.807, 2.05) is 6.92 Å². The number of thiophene rings is 1. The first-order valence-corrected chi connectivity index (χ1v) is 8.30. The molecular formula is C16H15N3O3S. The van der Waals surface area contributed by atoms with E-state index in [9.17, 15) is 9.59 Å². The summed E-state index contributed by atoms with van der Waals surface area (Å²) in [6.07, 6.45) is 2.12. The molecule has 0 spiro atoms. The van der Waals surface area contributed by atoms with E-state index >= 15 is 0 Å². The van der Waals surface area contributed by atoms with Crippen molar-refractivity contribution >= 4 is 28.3 Å². The molecule has 0 saturated carbocycles. The number of H-pyrrole nitrogens is 1. The number of rotatable bonds is 1. The predicted molar refractivity (Wildman–Crippen MR) is 86.8 cm³/mol. The van der Waals surface area contributed by atoms with Crippen LogP contribution in [0, 0.1) is 6.92 Å². The molecular weight excluding hydrogens is 314 g/mol. The summed E-state index contributed by atoms with van der Waals surface area (Å²) in [4.78, 5) is 34.8. The predicted octanol–water partition coefficient (Wildman–Crippen LogP) is 2.65. The second-order valence-corrected chi connectivity index (χ2v) is 6.67. The topological polar surface area (TPSA) is 79.2 Å². The van der Waals surface area contributed by atoms with Gasteiger partial charge in [-0.25, -0.2) is 4.98 Å². The molecule has 1 N–H and O–H groups in total. The monoisotopic (exact) mass is 329 g/mol. The molecule has 118 valence electrons. The van der Waals surface area contributed by atoms with Gasteiger partial charge in [0.1, 0.15) is 11.1 Å². The molecule has 1 atom stereocenters. The summed E-state index contributed by atoms with van der Waals surface area (Å²) in [5, 5.41) is 2.29. The van der Waals surface area contributed by atoms with Gasteiger partial charge < -0.3 is 14.3 Å². The second kappa shape index (κ2) is 5.06. The van der Waals surface area contributed by atoms with Gasteiger partial charge in [-0.1, -0.05) is 0 Å². The fourth-order valence-electron chi connectivity index (χ4n) is 3.24. The van der Waals surface area contributed by atoms with Crippen LogP contribution < -0.4 is 5.56 Å². The maximum Gasteiger partial charge on any atom is 0.262 e. The number of nitrogens with one attached hydrogen (secondary N) is 1. The lowest BCUT2D eigenvalue weighted by Crippen LogP contribution is -2.38. The third-order valence-electron chi connectivity index (χ3n) is 4.42. The van der Waals surface area contributed by atoms with Gasteiger partial charge >= 0.3 is 0 Å². The van der Waals surface area contributed by atoms with Crippen molar-refractivity contribution in [2.75, 3.05) is 6.54 Å². The molecule has 7 heteroatoms. The third-order valence-corrected chi connectivity index (χ3v) is 5.42. The number of carbonyl (C=O) groups excluding carboxylic acids is 1. The molecule has 0 radical (unpaired) electrons. The minimum Gasteiger partial charge on any atom is -0.442 e. The van der Waals surface area contributed by atoms with Crippen LogP contribution >= 0.6 is 11.3 Å². The highest BCUT2D eigenvalue weighted by atomic mass is 32.1. The first-order valence-electron chi connectivity index (χ1n) is 7.42. The minimum atomic E-state index is -0.351. The lowest BCUT2D eigenvalue weighted by Gasteiger charge is -2.33. The molecule has 0 bridgehead atoms. The molecule has 4 rings (SSSR count). The summed E-state index contributed by atoms with van der Waals surface area (Å²) in [7, 11) is 0. The minimum absolute atomic E-state index is 0.0161. The van der Waals surface area contributed by atoms with Gasteiger partial charge in [-0.3, -0.25) is 9.59 Å². The summed E-state index contributed by atoms with van der Waals surface area (Å²) in [5.74, 6) is 0.251. The van der Waals surface area contributed by atoms with Gasteiger partial charge in [0.05, 0.1) is 17.9 Å². The maximum absolute atomic E-state index is 13.1. The van der Waals surface area contributed by atoms with Crippen molar-refractivity contribution < 1.29 is 9.21 Å². The van der Waals surface area contributed by atoms with Gasteiger partial charge in [0.2, 0.25) is 5.71 Å². The number of aromatic nitrogens is 2. The van der Waals surface area contributed by atoms with Crippen molar-refractivity contribution in [2.45, 2.75) is 26.3 Å². The highest BCUT2D eigenvalue weighted by Gasteiger charge is 2.32. The quantitative estimate of drug-likeness (QED) is 0.744. The Morgan fingerprint density at radius 3 is 3.17 bits per heavy atom. The Morgan fingerprint density at radius 2 is 2.35 bits per heavy atom. The molecule has 1 aliphatic heterocycles. The van der Waals surface area contributed by atoms with E-state index in [0.29, 0.717) is 17.9 Å². The second-order valence-electron chi connectivity index (χ2n) is 5.67. The fourth-order valence-corrected chi connectivity index (χ4v) is 4.20. The average molecular weight is 329 g/mol. The van der Waals surface area contributed by atoms with Crippen LogP contribution in [0.1, 0.15) is 39.5 Å². The number of nitrogens with zero attached hydrogens (tertiary/aromatic N) is 2.